The van der Waals surface area contributed by atoms with Gasteiger partial charge < -0.3 is 9.88 Å². The number of carbonyl (C=O) groups excluding carboxylic acids is 2. The van der Waals surface area contributed by atoms with Gasteiger partial charge in [0.05, 0.1) is 0 Å². The molecule has 0 bridgehead atoms. The van der Waals surface area contributed by atoms with Crippen molar-refractivity contribution < 1.29 is 9.59 Å². The summed E-state index contributed by atoms with van der Waals surface area (Å²) in [6, 6.07) is 16.5. The van der Waals surface area contributed by atoms with Gasteiger partial charge in [0.15, 0.2) is 6.29 Å². The van der Waals surface area contributed by atoms with Crippen molar-refractivity contribution in [2.24, 2.45) is 0 Å². The number of amides is 1. The van der Waals surface area contributed by atoms with Crippen LogP contribution < -0.4 is 5.32 Å². The number of para-hydroxylation sites is 2. The fourth-order valence-corrected chi connectivity index (χ4v) is 2.54. The molecule has 3 aromatic rings. The Kier molecular flexibility index (Phi) is 3.74. The molecule has 0 radical (unpaired) electrons. The van der Waals surface area contributed by atoms with Crippen LogP contribution in [0.1, 0.15) is 23.3 Å². The van der Waals surface area contributed by atoms with Crippen LogP contribution in [0.25, 0.3) is 10.9 Å². The molecule has 0 aliphatic carbocycles. The molecule has 4 nitrogen and oxygen atoms in total. The Morgan fingerprint density at radius 1 is 1.09 bits per heavy atom. The average Bonchev–Trinajstić information content (AvgIpc) is 2.94. The van der Waals surface area contributed by atoms with Crippen LogP contribution in [0.4, 0.5) is 5.69 Å². The minimum atomic E-state index is -0.418. The zero-order valence-corrected chi connectivity index (χ0v) is 12.2. The maximum Gasteiger partial charge on any atom is 0.247 e. The van der Waals surface area contributed by atoms with Crippen LogP contribution in [0.15, 0.2) is 60.8 Å². The second-order valence-electron chi connectivity index (χ2n) is 5.16. The van der Waals surface area contributed by atoms with Crippen LogP contribution >= 0.6 is 0 Å². The van der Waals surface area contributed by atoms with E-state index in [0.717, 1.165) is 22.9 Å². The van der Waals surface area contributed by atoms with Gasteiger partial charge in [0.25, 0.3) is 0 Å². The standard InChI is InChI=1S/C18H16N2O2/c1-13(18(22)19-15-7-3-2-4-8-15)20-11-14(12-21)16-9-5-6-10-17(16)20/h2-13H,1H3,(H,19,22). The van der Waals surface area contributed by atoms with Crippen molar-refractivity contribution in [1.82, 2.24) is 4.57 Å². The molecule has 1 unspecified atom stereocenters. The number of aromatic nitrogens is 1. The van der Waals surface area contributed by atoms with E-state index in [2.05, 4.69) is 5.32 Å². The number of carbonyl (C=O) groups is 2. The van der Waals surface area contributed by atoms with Crippen LogP contribution in [0, 0.1) is 0 Å². The summed E-state index contributed by atoms with van der Waals surface area (Å²) in [5.74, 6) is -0.121. The van der Waals surface area contributed by atoms with E-state index in [1.165, 1.54) is 0 Å². The highest BCUT2D eigenvalue weighted by molar-refractivity contribution is 6.00. The summed E-state index contributed by atoms with van der Waals surface area (Å²) < 4.78 is 1.83. The molecular formula is C18H16N2O2. The van der Waals surface area contributed by atoms with Crippen molar-refractivity contribution in [2.75, 3.05) is 5.32 Å². The fourth-order valence-electron chi connectivity index (χ4n) is 2.54. The molecule has 1 amide bonds. The molecule has 1 atom stereocenters. The van der Waals surface area contributed by atoms with E-state index < -0.39 is 6.04 Å². The van der Waals surface area contributed by atoms with Gasteiger partial charge in [-0.25, -0.2) is 0 Å². The van der Waals surface area contributed by atoms with Crippen molar-refractivity contribution in [2.45, 2.75) is 13.0 Å². The first kappa shape index (κ1) is 14.1. The molecule has 0 fully saturated rings. The molecule has 3 rings (SSSR count). The average molecular weight is 292 g/mol. The zero-order valence-electron chi connectivity index (χ0n) is 12.2. The number of rotatable bonds is 4. The summed E-state index contributed by atoms with van der Waals surface area (Å²) in [6.07, 6.45) is 2.55. The minimum absolute atomic E-state index is 0.121. The topological polar surface area (TPSA) is 51.1 Å². The molecule has 0 saturated carbocycles. The number of hydrogen-bond acceptors (Lipinski definition) is 2. The summed E-state index contributed by atoms with van der Waals surface area (Å²) in [6.45, 7) is 1.82. The lowest BCUT2D eigenvalue weighted by Crippen LogP contribution is -2.23. The first-order valence-corrected chi connectivity index (χ1v) is 7.11. The van der Waals surface area contributed by atoms with E-state index in [1.54, 1.807) is 6.20 Å². The predicted octanol–water partition coefficient (Wildman–Crippen LogP) is 3.65. The highest BCUT2D eigenvalue weighted by Gasteiger charge is 2.18. The Hall–Kier alpha value is -2.88. The van der Waals surface area contributed by atoms with Gasteiger partial charge in [0.1, 0.15) is 6.04 Å². The fraction of sp³-hybridized carbons (Fsp3) is 0.111. The third kappa shape index (κ3) is 2.51. The Bertz CT molecular complexity index is 821. The van der Waals surface area contributed by atoms with Gasteiger partial charge in [-0.3, -0.25) is 9.59 Å². The molecule has 0 aliphatic heterocycles. The minimum Gasteiger partial charge on any atom is -0.335 e. The number of benzene rings is 2. The second kappa shape index (κ2) is 5.85. The van der Waals surface area contributed by atoms with Crippen LogP contribution in [-0.4, -0.2) is 16.8 Å². The van der Waals surface area contributed by atoms with E-state index in [4.69, 9.17) is 0 Å². The van der Waals surface area contributed by atoms with Gasteiger partial charge in [-0.15, -0.1) is 0 Å². The summed E-state index contributed by atoms with van der Waals surface area (Å²) in [7, 11) is 0. The number of hydrogen-bond donors (Lipinski definition) is 1. The quantitative estimate of drug-likeness (QED) is 0.746. The molecule has 4 heteroatoms. The number of nitrogens with zero attached hydrogens (tertiary/aromatic N) is 1. The van der Waals surface area contributed by atoms with E-state index in [-0.39, 0.29) is 5.91 Å². The van der Waals surface area contributed by atoms with Crippen molar-refractivity contribution in [3.05, 3.63) is 66.4 Å². The maximum atomic E-state index is 12.4. The van der Waals surface area contributed by atoms with E-state index in [1.807, 2.05) is 66.1 Å². The third-order valence-electron chi connectivity index (χ3n) is 3.74. The summed E-state index contributed by atoms with van der Waals surface area (Å²) in [5.41, 5.74) is 2.22. The van der Waals surface area contributed by atoms with Crippen LogP contribution in [0.2, 0.25) is 0 Å². The number of aldehydes is 1. The van der Waals surface area contributed by atoms with Gasteiger partial charge in [-0.05, 0) is 25.1 Å². The zero-order chi connectivity index (χ0) is 15.5. The molecule has 0 aliphatic rings. The number of nitrogens with one attached hydrogen (secondary N) is 1. The van der Waals surface area contributed by atoms with Gasteiger partial charge in [-0.1, -0.05) is 36.4 Å². The summed E-state index contributed by atoms with van der Waals surface area (Å²) >= 11 is 0. The SMILES string of the molecule is CC(C(=O)Nc1ccccc1)n1cc(C=O)c2ccccc21. The van der Waals surface area contributed by atoms with Crippen molar-refractivity contribution in [3.63, 3.8) is 0 Å². The van der Waals surface area contributed by atoms with E-state index >= 15 is 0 Å². The molecule has 2 aromatic carbocycles. The van der Waals surface area contributed by atoms with Crippen LogP contribution in [0.3, 0.4) is 0 Å². The Morgan fingerprint density at radius 2 is 1.77 bits per heavy atom. The Labute approximate surface area is 128 Å². The van der Waals surface area contributed by atoms with Crippen molar-refractivity contribution in [1.29, 1.82) is 0 Å². The highest BCUT2D eigenvalue weighted by atomic mass is 16.2. The van der Waals surface area contributed by atoms with Crippen molar-refractivity contribution >= 4 is 28.8 Å². The first-order valence-electron chi connectivity index (χ1n) is 7.11. The second-order valence-corrected chi connectivity index (χ2v) is 5.16. The van der Waals surface area contributed by atoms with E-state index in [9.17, 15) is 9.59 Å². The van der Waals surface area contributed by atoms with E-state index in [0.29, 0.717) is 5.56 Å². The largest absolute Gasteiger partial charge is 0.335 e. The van der Waals surface area contributed by atoms with Crippen LogP contribution in [-0.2, 0) is 4.79 Å². The number of anilines is 1. The maximum absolute atomic E-state index is 12.4. The lowest BCUT2D eigenvalue weighted by molar-refractivity contribution is -0.118. The molecule has 1 N–H and O–H groups in total. The molecule has 22 heavy (non-hydrogen) atoms. The normalized spacial score (nSPS) is 12.0. The predicted molar refractivity (Wildman–Crippen MR) is 87.1 cm³/mol. The molecule has 110 valence electrons. The third-order valence-corrected chi connectivity index (χ3v) is 3.74. The first-order chi connectivity index (χ1) is 10.7. The lowest BCUT2D eigenvalue weighted by Gasteiger charge is -2.15. The highest BCUT2D eigenvalue weighted by Crippen LogP contribution is 2.24. The van der Waals surface area contributed by atoms with Crippen molar-refractivity contribution in [3.8, 4) is 0 Å². The van der Waals surface area contributed by atoms with Crippen LogP contribution in [0.5, 0.6) is 0 Å². The van der Waals surface area contributed by atoms with Gasteiger partial charge in [-0.2, -0.15) is 0 Å². The Balaban J connectivity index is 1.93. The molecule has 1 aromatic heterocycles. The molecular weight excluding hydrogens is 276 g/mol. The van der Waals surface area contributed by atoms with Gasteiger partial charge >= 0.3 is 0 Å². The molecule has 0 spiro atoms. The summed E-state index contributed by atoms with van der Waals surface area (Å²) in [5, 5.41) is 3.74. The number of fused-ring (bicyclic) bond motifs is 1. The van der Waals surface area contributed by atoms with Gasteiger partial charge in [0, 0.05) is 28.4 Å². The monoisotopic (exact) mass is 292 g/mol. The summed E-state index contributed by atoms with van der Waals surface area (Å²) in [4.78, 5) is 23.6. The Morgan fingerprint density at radius 3 is 2.50 bits per heavy atom. The molecule has 0 saturated heterocycles. The lowest BCUT2D eigenvalue weighted by atomic mass is 10.2. The smallest absolute Gasteiger partial charge is 0.247 e. The van der Waals surface area contributed by atoms with Gasteiger partial charge in [0.2, 0.25) is 5.91 Å². The molecule has 1 heterocycles.